The molecule has 1 atom stereocenters. The van der Waals surface area contributed by atoms with Gasteiger partial charge >= 0.3 is 0 Å². The summed E-state index contributed by atoms with van der Waals surface area (Å²) in [5.74, 6) is 0.390. The maximum atomic E-state index is 12.2. The van der Waals surface area contributed by atoms with Crippen molar-refractivity contribution in [3.8, 4) is 6.07 Å². The number of carbonyl (C=O) groups excluding carboxylic acids is 1. The van der Waals surface area contributed by atoms with Crippen LogP contribution in [-0.4, -0.2) is 11.1 Å². The number of fused-ring (bicyclic) bond motifs is 1. The van der Waals surface area contributed by atoms with Crippen molar-refractivity contribution >= 4 is 22.2 Å². The Kier molecular flexibility index (Phi) is 4.46. The number of hydrogen-bond donors (Lipinski definition) is 1. The molecule has 0 aromatic carbocycles. The highest BCUT2D eigenvalue weighted by molar-refractivity contribution is 7.16. The molecule has 0 aliphatic heterocycles. The predicted octanol–water partition coefficient (Wildman–Crippen LogP) is 4.40. The molecule has 2 heterocycles. The van der Waals surface area contributed by atoms with Crippen LogP contribution in [0.2, 0.25) is 0 Å². The summed E-state index contributed by atoms with van der Waals surface area (Å²) in [6.45, 7) is 6.86. The van der Waals surface area contributed by atoms with E-state index in [4.69, 9.17) is 4.52 Å². The zero-order valence-electron chi connectivity index (χ0n) is 14.2. The maximum absolute atomic E-state index is 12.2. The van der Waals surface area contributed by atoms with Gasteiger partial charge in [-0.3, -0.25) is 4.79 Å². The predicted molar refractivity (Wildman–Crippen MR) is 93.1 cm³/mol. The van der Waals surface area contributed by atoms with Gasteiger partial charge in [0.15, 0.2) is 0 Å². The fourth-order valence-corrected chi connectivity index (χ4v) is 4.52. The number of carbonyl (C=O) groups is 1. The van der Waals surface area contributed by atoms with E-state index < -0.39 is 0 Å². The van der Waals surface area contributed by atoms with E-state index in [1.807, 2.05) is 0 Å². The van der Waals surface area contributed by atoms with Crippen LogP contribution in [0.1, 0.15) is 60.2 Å². The van der Waals surface area contributed by atoms with Crippen molar-refractivity contribution in [2.45, 2.75) is 46.5 Å². The Morgan fingerprint density at radius 2 is 2.38 bits per heavy atom. The Balaban J connectivity index is 1.86. The molecular formula is C18H21N3O2S. The summed E-state index contributed by atoms with van der Waals surface area (Å²) in [4.78, 5) is 13.4. The second-order valence-electron chi connectivity index (χ2n) is 6.93. The first kappa shape index (κ1) is 16.7. The third-order valence-corrected chi connectivity index (χ3v) is 6.45. The number of amides is 1. The molecule has 1 aliphatic rings. The number of thiophene rings is 1. The van der Waals surface area contributed by atoms with Crippen LogP contribution < -0.4 is 5.32 Å². The van der Waals surface area contributed by atoms with Crippen molar-refractivity contribution in [2.75, 3.05) is 5.32 Å². The molecule has 1 unspecified atom stereocenters. The van der Waals surface area contributed by atoms with E-state index in [1.165, 1.54) is 28.5 Å². The van der Waals surface area contributed by atoms with Crippen LogP contribution in [0.3, 0.4) is 0 Å². The Morgan fingerprint density at radius 3 is 3.00 bits per heavy atom. The molecule has 5 nitrogen and oxygen atoms in total. The number of anilines is 1. The monoisotopic (exact) mass is 343 g/mol. The van der Waals surface area contributed by atoms with E-state index in [9.17, 15) is 10.1 Å². The third-order valence-electron chi connectivity index (χ3n) is 5.28. The highest BCUT2D eigenvalue weighted by Gasteiger charge is 2.34. The Morgan fingerprint density at radius 1 is 1.58 bits per heavy atom. The first-order valence-corrected chi connectivity index (χ1v) is 9.04. The van der Waals surface area contributed by atoms with Gasteiger partial charge in [0, 0.05) is 10.9 Å². The molecule has 0 bridgehead atoms. The lowest BCUT2D eigenvalue weighted by Crippen LogP contribution is -2.28. The third kappa shape index (κ3) is 2.96. The van der Waals surface area contributed by atoms with Crippen molar-refractivity contribution in [1.82, 2.24) is 5.16 Å². The fourth-order valence-electron chi connectivity index (χ4n) is 3.25. The van der Waals surface area contributed by atoms with Gasteiger partial charge in [-0.15, -0.1) is 11.3 Å². The maximum Gasteiger partial charge on any atom is 0.294 e. The molecule has 0 saturated carbocycles. The van der Waals surface area contributed by atoms with Crippen LogP contribution in [0.4, 0.5) is 5.00 Å². The largest absolute Gasteiger partial charge is 0.351 e. The molecule has 6 heteroatoms. The van der Waals surface area contributed by atoms with Crippen LogP contribution in [-0.2, 0) is 12.8 Å². The van der Waals surface area contributed by atoms with Crippen molar-refractivity contribution in [3.63, 3.8) is 0 Å². The van der Waals surface area contributed by atoms with Gasteiger partial charge in [-0.1, -0.05) is 32.3 Å². The molecule has 1 N–H and O–H groups in total. The number of aromatic nitrogens is 1. The van der Waals surface area contributed by atoms with E-state index >= 15 is 0 Å². The van der Waals surface area contributed by atoms with Gasteiger partial charge in [-0.2, -0.15) is 5.26 Å². The lowest BCUT2D eigenvalue weighted by atomic mass is 9.69. The van der Waals surface area contributed by atoms with Crippen molar-refractivity contribution in [3.05, 3.63) is 34.0 Å². The van der Waals surface area contributed by atoms with Gasteiger partial charge < -0.3 is 9.84 Å². The quantitative estimate of drug-likeness (QED) is 0.892. The second-order valence-corrected chi connectivity index (χ2v) is 8.04. The van der Waals surface area contributed by atoms with Gasteiger partial charge in [-0.25, -0.2) is 0 Å². The minimum absolute atomic E-state index is 0.148. The zero-order chi connectivity index (χ0) is 17.3. The SMILES string of the molecule is CCC(C)(C)C1CCc2c(sc(NC(=O)c3ccno3)c2C#N)C1. The number of rotatable bonds is 4. The smallest absolute Gasteiger partial charge is 0.294 e. The molecule has 0 fully saturated rings. The average Bonchev–Trinajstić information content (AvgIpc) is 3.21. The molecule has 0 spiro atoms. The van der Waals surface area contributed by atoms with E-state index in [2.05, 4.69) is 37.3 Å². The van der Waals surface area contributed by atoms with Crippen LogP contribution in [0.25, 0.3) is 0 Å². The van der Waals surface area contributed by atoms with Crippen molar-refractivity contribution in [2.24, 2.45) is 11.3 Å². The Labute approximate surface area is 145 Å². The summed E-state index contributed by atoms with van der Waals surface area (Å²) in [6.07, 6.45) is 5.54. The first-order valence-electron chi connectivity index (χ1n) is 8.23. The number of nitrogens with zero attached hydrogens (tertiary/aromatic N) is 2. The summed E-state index contributed by atoms with van der Waals surface area (Å²) < 4.78 is 4.88. The normalized spacial score (nSPS) is 17.2. The lowest BCUT2D eigenvalue weighted by Gasteiger charge is -2.36. The average molecular weight is 343 g/mol. The minimum Gasteiger partial charge on any atom is -0.351 e. The van der Waals surface area contributed by atoms with Gasteiger partial charge in [0.2, 0.25) is 5.76 Å². The molecular weight excluding hydrogens is 322 g/mol. The van der Waals surface area contributed by atoms with E-state index in [1.54, 1.807) is 0 Å². The lowest BCUT2D eigenvalue weighted by molar-refractivity contribution is 0.0988. The number of hydrogen-bond acceptors (Lipinski definition) is 5. The molecule has 24 heavy (non-hydrogen) atoms. The summed E-state index contributed by atoms with van der Waals surface area (Å²) in [5, 5.41) is 16.5. The molecule has 3 rings (SSSR count). The molecule has 126 valence electrons. The summed E-state index contributed by atoms with van der Waals surface area (Å²) in [7, 11) is 0. The molecule has 1 amide bonds. The van der Waals surface area contributed by atoms with Gasteiger partial charge in [0.1, 0.15) is 11.1 Å². The summed E-state index contributed by atoms with van der Waals surface area (Å²) >= 11 is 1.53. The van der Waals surface area contributed by atoms with Crippen molar-refractivity contribution < 1.29 is 9.32 Å². The molecule has 0 saturated heterocycles. The van der Waals surface area contributed by atoms with E-state index in [-0.39, 0.29) is 17.1 Å². The second kappa shape index (κ2) is 6.40. The molecule has 0 radical (unpaired) electrons. The molecule has 2 aromatic heterocycles. The topological polar surface area (TPSA) is 78.9 Å². The highest BCUT2D eigenvalue weighted by atomic mass is 32.1. The standard InChI is InChI=1S/C18H21N3O2S/c1-4-18(2,3)11-5-6-12-13(10-19)17(24-15(12)9-11)21-16(22)14-7-8-20-23-14/h7-8,11H,4-6,9H2,1-3H3,(H,21,22). The minimum atomic E-state index is -0.368. The fraction of sp³-hybridized carbons (Fsp3) is 0.500. The molecule has 1 aliphatic carbocycles. The number of nitriles is 1. The highest BCUT2D eigenvalue weighted by Crippen LogP contribution is 2.45. The molecule has 2 aromatic rings. The summed E-state index contributed by atoms with van der Waals surface area (Å²) in [5.41, 5.74) is 2.01. The van der Waals surface area contributed by atoms with Gasteiger partial charge in [0.05, 0.1) is 11.8 Å². The first-order chi connectivity index (χ1) is 11.5. The van der Waals surface area contributed by atoms with Crippen LogP contribution in [0.5, 0.6) is 0 Å². The summed E-state index contributed by atoms with van der Waals surface area (Å²) in [6, 6.07) is 3.78. The Bertz CT molecular complexity index is 784. The number of nitrogens with one attached hydrogen (secondary N) is 1. The van der Waals surface area contributed by atoms with Crippen LogP contribution in [0.15, 0.2) is 16.8 Å². The van der Waals surface area contributed by atoms with Crippen molar-refractivity contribution in [1.29, 1.82) is 5.26 Å². The van der Waals surface area contributed by atoms with Crippen LogP contribution in [0, 0.1) is 22.7 Å². The Hall–Kier alpha value is -2.13. The zero-order valence-corrected chi connectivity index (χ0v) is 15.0. The van der Waals surface area contributed by atoms with Gasteiger partial charge in [-0.05, 0) is 36.2 Å². The van der Waals surface area contributed by atoms with Crippen LogP contribution >= 0.6 is 11.3 Å². The van der Waals surface area contributed by atoms with E-state index in [0.717, 1.165) is 31.2 Å². The van der Waals surface area contributed by atoms with E-state index in [0.29, 0.717) is 16.5 Å². The van der Waals surface area contributed by atoms with Gasteiger partial charge in [0.25, 0.3) is 5.91 Å².